The average molecular weight is 216 g/mol. The highest BCUT2D eigenvalue weighted by Gasteiger charge is 2.11. The van der Waals surface area contributed by atoms with Gasteiger partial charge in [0.25, 0.3) is 5.91 Å². The Morgan fingerprint density at radius 3 is 2.64 bits per heavy atom. The minimum atomic E-state index is -0.417. The second-order valence-electron chi connectivity index (χ2n) is 2.69. The largest absolute Gasteiger partial charge is 0.504 e. The zero-order valence-electron chi connectivity index (χ0n) is 7.54. The highest BCUT2D eigenvalue weighted by Crippen LogP contribution is 2.33. The van der Waals surface area contributed by atoms with Gasteiger partial charge >= 0.3 is 0 Å². The molecule has 0 aliphatic carbocycles. The third-order valence-electron chi connectivity index (χ3n) is 1.64. The maximum atomic E-state index is 11.3. The molecule has 0 radical (unpaired) electrons. The molecule has 1 aromatic carbocycles. The molecule has 0 aliphatic rings. The van der Waals surface area contributed by atoms with Gasteiger partial charge in [0, 0.05) is 12.1 Å². The molecule has 0 spiro atoms. The van der Waals surface area contributed by atoms with Gasteiger partial charge in [0.15, 0.2) is 11.5 Å². The van der Waals surface area contributed by atoms with E-state index in [0.717, 1.165) is 6.07 Å². The van der Waals surface area contributed by atoms with Crippen LogP contribution in [0.4, 0.5) is 0 Å². The molecule has 0 unspecified atom stereocenters. The van der Waals surface area contributed by atoms with Gasteiger partial charge in [-0.1, -0.05) is 11.6 Å². The first kappa shape index (κ1) is 10.7. The number of benzene rings is 1. The van der Waals surface area contributed by atoms with Crippen LogP contribution in [-0.2, 0) is 0 Å². The number of hydrogen-bond acceptors (Lipinski definition) is 3. The van der Waals surface area contributed by atoms with Crippen molar-refractivity contribution in [3.8, 4) is 11.5 Å². The molecule has 1 rings (SSSR count). The minimum Gasteiger partial charge on any atom is -0.504 e. The molecule has 0 atom stereocenters. The molecule has 3 N–H and O–H groups in total. The Balaban J connectivity index is 3.06. The van der Waals surface area contributed by atoms with E-state index in [-0.39, 0.29) is 16.5 Å². The van der Waals surface area contributed by atoms with Crippen LogP contribution in [0, 0.1) is 0 Å². The maximum Gasteiger partial charge on any atom is 0.251 e. The highest BCUT2D eigenvalue weighted by molar-refractivity contribution is 6.32. The van der Waals surface area contributed by atoms with E-state index in [4.69, 9.17) is 16.7 Å². The molecule has 5 heteroatoms. The predicted octanol–water partition coefficient (Wildman–Crippen LogP) is 1.50. The molecule has 76 valence electrons. The maximum absolute atomic E-state index is 11.3. The third-order valence-corrected chi connectivity index (χ3v) is 1.93. The van der Waals surface area contributed by atoms with Crippen LogP contribution in [0.3, 0.4) is 0 Å². The molecule has 4 nitrogen and oxygen atoms in total. The zero-order valence-corrected chi connectivity index (χ0v) is 8.30. The lowest BCUT2D eigenvalue weighted by Crippen LogP contribution is -2.22. The Labute approximate surface area is 86.1 Å². The van der Waals surface area contributed by atoms with Gasteiger partial charge < -0.3 is 15.5 Å². The summed E-state index contributed by atoms with van der Waals surface area (Å²) in [6, 6.07) is 2.45. The van der Waals surface area contributed by atoms with Crippen LogP contribution in [0.1, 0.15) is 17.3 Å². The van der Waals surface area contributed by atoms with Crippen LogP contribution in [0.25, 0.3) is 0 Å². The molecule has 1 aromatic rings. The van der Waals surface area contributed by atoms with Crippen molar-refractivity contribution in [3.05, 3.63) is 22.7 Å². The van der Waals surface area contributed by atoms with E-state index < -0.39 is 11.5 Å². The highest BCUT2D eigenvalue weighted by atomic mass is 35.5. The second-order valence-corrected chi connectivity index (χ2v) is 3.09. The van der Waals surface area contributed by atoms with E-state index in [2.05, 4.69) is 5.32 Å². The number of carbonyl (C=O) groups is 1. The average Bonchev–Trinajstić information content (AvgIpc) is 2.13. The van der Waals surface area contributed by atoms with Gasteiger partial charge in [-0.05, 0) is 19.1 Å². The van der Waals surface area contributed by atoms with Gasteiger partial charge in [0.05, 0.1) is 5.02 Å². The molecule has 1 amide bonds. The number of rotatable bonds is 2. The van der Waals surface area contributed by atoms with Crippen LogP contribution >= 0.6 is 11.6 Å². The first-order valence-electron chi connectivity index (χ1n) is 4.06. The number of halogens is 1. The summed E-state index contributed by atoms with van der Waals surface area (Å²) in [5.41, 5.74) is 0.215. The normalized spacial score (nSPS) is 9.86. The van der Waals surface area contributed by atoms with Crippen molar-refractivity contribution < 1.29 is 15.0 Å². The number of aromatic hydroxyl groups is 2. The molecule has 0 heterocycles. The first-order valence-corrected chi connectivity index (χ1v) is 4.43. The zero-order chi connectivity index (χ0) is 10.7. The van der Waals surface area contributed by atoms with Crippen molar-refractivity contribution in [1.82, 2.24) is 5.32 Å². The van der Waals surface area contributed by atoms with Gasteiger partial charge in [0.2, 0.25) is 0 Å². The summed E-state index contributed by atoms with van der Waals surface area (Å²) in [6.07, 6.45) is 0. The van der Waals surface area contributed by atoms with Crippen molar-refractivity contribution in [2.45, 2.75) is 6.92 Å². The van der Waals surface area contributed by atoms with E-state index in [0.29, 0.717) is 6.54 Å². The summed E-state index contributed by atoms with van der Waals surface area (Å²) in [4.78, 5) is 11.3. The van der Waals surface area contributed by atoms with E-state index in [1.54, 1.807) is 6.92 Å². The molecule has 0 fully saturated rings. The first-order chi connectivity index (χ1) is 6.56. The van der Waals surface area contributed by atoms with Gasteiger partial charge in [-0.15, -0.1) is 0 Å². The quantitative estimate of drug-likeness (QED) is 0.655. The summed E-state index contributed by atoms with van der Waals surface area (Å²) in [6.45, 7) is 2.26. The van der Waals surface area contributed by atoms with E-state index in [1.807, 2.05) is 0 Å². The van der Waals surface area contributed by atoms with Gasteiger partial charge in [-0.2, -0.15) is 0 Å². The van der Waals surface area contributed by atoms with Gasteiger partial charge in [-0.25, -0.2) is 0 Å². The second kappa shape index (κ2) is 4.19. The summed E-state index contributed by atoms with van der Waals surface area (Å²) in [5, 5.41) is 20.8. The molecule has 14 heavy (non-hydrogen) atoms. The number of amides is 1. The Kier molecular flexibility index (Phi) is 3.19. The molecule has 0 bridgehead atoms. The molecular weight excluding hydrogens is 206 g/mol. The number of phenolic OH excluding ortho intramolecular Hbond substituents is 2. The lowest BCUT2D eigenvalue weighted by molar-refractivity contribution is 0.0955. The smallest absolute Gasteiger partial charge is 0.251 e. The standard InChI is InChI=1S/C9H10ClNO3/c1-2-11-9(14)5-3-6(10)8(13)7(12)4-5/h3-4,12-13H,2H2,1H3,(H,11,14). The van der Waals surface area contributed by atoms with Crippen molar-refractivity contribution >= 4 is 17.5 Å². The molecule has 0 saturated heterocycles. The Bertz CT molecular complexity index is 342. The Morgan fingerprint density at radius 1 is 1.50 bits per heavy atom. The molecule has 0 aromatic heterocycles. The van der Waals surface area contributed by atoms with Crippen molar-refractivity contribution in [1.29, 1.82) is 0 Å². The fraction of sp³-hybridized carbons (Fsp3) is 0.222. The third kappa shape index (κ3) is 2.09. The van der Waals surface area contributed by atoms with Crippen LogP contribution in [0.2, 0.25) is 5.02 Å². The van der Waals surface area contributed by atoms with Crippen LogP contribution in [0.15, 0.2) is 12.1 Å². The van der Waals surface area contributed by atoms with Crippen LogP contribution < -0.4 is 5.32 Å². The van der Waals surface area contributed by atoms with Crippen LogP contribution in [-0.4, -0.2) is 22.7 Å². The van der Waals surface area contributed by atoms with Crippen molar-refractivity contribution in [2.24, 2.45) is 0 Å². The number of hydrogen-bond donors (Lipinski definition) is 3. The molecule has 0 aliphatic heterocycles. The Hall–Kier alpha value is -1.42. The van der Waals surface area contributed by atoms with Crippen molar-refractivity contribution in [2.75, 3.05) is 6.54 Å². The SMILES string of the molecule is CCNC(=O)c1cc(O)c(O)c(Cl)c1. The Morgan fingerprint density at radius 2 is 2.14 bits per heavy atom. The number of phenols is 2. The summed E-state index contributed by atoms with van der Waals surface area (Å²) >= 11 is 5.57. The fourth-order valence-electron chi connectivity index (χ4n) is 0.978. The molecule has 0 saturated carbocycles. The van der Waals surface area contributed by atoms with E-state index in [9.17, 15) is 9.90 Å². The van der Waals surface area contributed by atoms with E-state index in [1.165, 1.54) is 6.07 Å². The summed E-state index contributed by atoms with van der Waals surface area (Å²) in [7, 11) is 0. The van der Waals surface area contributed by atoms with Gasteiger partial charge in [-0.3, -0.25) is 4.79 Å². The monoisotopic (exact) mass is 215 g/mol. The minimum absolute atomic E-state index is 0.0498. The fourth-order valence-corrected chi connectivity index (χ4v) is 1.19. The molecular formula is C9H10ClNO3. The number of carbonyl (C=O) groups excluding carboxylic acids is 1. The van der Waals surface area contributed by atoms with E-state index >= 15 is 0 Å². The summed E-state index contributed by atoms with van der Waals surface area (Å²) in [5.74, 6) is -1.16. The summed E-state index contributed by atoms with van der Waals surface area (Å²) < 4.78 is 0. The lowest BCUT2D eigenvalue weighted by Gasteiger charge is -2.05. The van der Waals surface area contributed by atoms with Crippen LogP contribution in [0.5, 0.6) is 11.5 Å². The lowest BCUT2D eigenvalue weighted by atomic mass is 10.2. The number of nitrogens with one attached hydrogen (secondary N) is 1. The topological polar surface area (TPSA) is 69.6 Å². The van der Waals surface area contributed by atoms with Crippen molar-refractivity contribution in [3.63, 3.8) is 0 Å². The van der Waals surface area contributed by atoms with Gasteiger partial charge in [0.1, 0.15) is 0 Å². The predicted molar refractivity (Wildman–Crippen MR) is 52.8 cm³/mol.